The molecule has 0 spiro atoms. The van der Waals surface area contributed by atoms with E-state index in [9.17, 15) is 5.11 Å². The second-order valence-electron chi connectivity index (χ2n) is 4.47. The van der Waals surface area contributed by atoms with Crippen molar-refractivity contribution in [3.63, 3.8) is 0 Å². The summed E-state index contributed by atoms with van der Waals surface area (Å²) in [5.74, 6) is 0.717. The molecule has 102 valence electrons. The maximum Gasteiger partial charge on any atom is 0.124 e. The minimum absolute atomic E-state index is 0.136. The molecular weight excluding hydrogens is 230 g/mol. The van der Waals surface area contributed by atoms with Gasteiger partial charge in [0.05, 0.1) is 19.3 Å². The van der Waals surface area contributed by atoms with E-state index in [1.54, 1.807) is 14.2 Å². The molecule has 0 bridgehead atoms. The first-order chi connectivity index (χ1) is 8.58. The highest BCUT2D eigenvalue weighted by molar-refractivity contribution is 5.38. The first kappa shape index (κ1) is 15.0. The minimum Gasteiger partial charge on any atom is -0.496 e. The average Bonchev–Trinajstić information content (AvgIpc) is 2.38. The van der Waals surface area contributed by atoms with Gasteiger partial charge in [-0.3, -0.25) is 0 Å². The molecule has 0 saturated heterocycles. The molecule has 0 saturated carbocycles. The smallest absolute Gasteiger partial charge is 0.124 e. The highest BCUT2D eigenvalue weighted by Gasteiger charge is 2.13. The van der Waals surface area contributed by atoms with E-state index < -0.39 is 6.10 Å². The largest absolute Gasteiger partial charge is 0.496 e. The maximum absolute atomic E-state index is 10.2. The van der Waals surface area contributed by atoms with E-state index in [2.05, 4.69) is 5.32 Å². The molecule has 18 heavy (non-hydrogen) atoms. The Labute approximate surface area is 109 Å². The van der Waals surface area contributed by atoms with Crippen molar-refractivity contribution < 1.29 is 14.6 Å². The number of benzene rings is 1. The van der Waals surface area contributed by atoms with E-state index in [0.29, 0.717) is 13.1 Å². The van der Waals surface area contributed by atoms with Crippen LogP contribution in [0.3, 0.4) is 0 Å². The number of methoxy groups -OCH3 is 2. The molecule has 0 amide bonds. The van der Waals surface area contributed by atoms with Crippen LogP contribution in [-0.2, 0) is 4.74 Å². The van der Waals surface area contributed by atoms with Crippen LogP contribution in [0.5, 0.6) is 5.75 Å². The summed E-state index contributed by atoms with van der Waals surface area (Å²) in [5, 5.41) is 13.3. The molecule has 2 unspecified atom stereocenters. The Kier molecular flexibility index (Phi) is 6.12. The lowest BCUT2D eigenvalue weighted by molar-refractivity contribution is 0.109. The summed E-state index contributed by atoms with van der Waals surface area (Å²) in [6.45, 7) is 5.16. The van der Waals surface area contributed by atoms with Crippen LogP contribution in [0, 0.1) is 6.92 Å². The van der Waals surface area contributed by atoms with Crippen LogP contribution >= 0.6 is 0 Å². The van der Waals surface area contributed by atoms with Gasteiger partial charge in [-0.05, 0) is 26.0 Å². The molecule has 2 atom stereocenters. The van der Waals surface area contributed by atoms with Crippen molar-refractivity contribution >= 4 is 0 Å². The molecule has 0 heterocycles. The van der Waals surface area contributed by atoms with Crippen molar-refractivity contribution in [3.05, 3.63) is 29.3 Å². The summed E-state index contributed by atoms with van der Waals surface area (Å²) in [6, 6.07) is 5.80. The molecule has 0 fully saturated rings. The lowest BCUT2D eigenvalue weighted by Crippen LogP contribution is -2.29. The molecule has 0 radical (unpaired) electrons. The fourth-order valence-corrected chi connectivity index (χ4v) is 1.73. The molecule has 2 N–H and O–H groups in total. The van der Waals surface area contributed by atoms with Crippen LogP contribution in [0.15, 0.2) is 18.2 Å². The van der Waals surface area contributed by atoms with Gasteiger partial charge in [-0.1, -0.05) is 11.6 Å². The van der Waals surface area contributed by atoms with Gasteiger partial charge in [-0.15, -0.1) is 0 Å². The number of nitrogens with one attached hydrogen (secondary N) is 1. The number of aliphatic hydroxyl groups is 1. The Bertz CT molecular complexity index is 368. The molecule has 1 aromatic carbocycles. The highest BCUT2D eigenvalue weighted by Crippen LogP contribution is 2.25. The number of ether oxygens (including phenoxy) is 2. The van der Waals surface area contributed by atoms with E-state index in [1.807, 2.05) is 32.0 Å². The zero-order valence-corrected chi connectivity index (χ0v) is 11.6. The number of hydrogen-bond acceptors (Lipinski definition) is 4. The zero-order valence-electron chi connectivity index (χ0n) is 11.6. The van der Waals surface area contributed by atoms with Crippen LogP contribution in [-0.4, -0.2) is 38.5 Å². The van der Waals surface area contributed by atoms with Crippen molar-refractivity contribution in [2.75, 3.05) is 27.3 Å². The normalized spacial score (nSPS) is 14.3. The molecule has 1 rings (SSSR count). The lowest BCUT2D eigenvalue weighted by atomic mass is 10.1. The van der Waals surface area contributed by atoms with E-state index >= 15 is 0 Å². The van der Waals surface area contributed by atoms with Crippen LogP contribution in [0.1, 0.15) is 24.2 Å². The molecule has 4 nitrogen and oxygen atoms in total. The van der Waals surface area contributed by atoms with Crippen molar-refractivity contribution in [3.8, 4) is 5.75 Å². The van der Waals surface area contributed by atoms with Gasteiger partial charge >= 0.3 is 0 Å². The molecule has 0 aliphatic rings. The number of rotatable bonds is 7. The fraction of sp³-hybridized carbons (Fsp3) is 0.571. The van der Waals surface area contributed by atoms with Gasteiger partial charge in [0, 0.05) is 25.8 Å². The van der Waals surface area contributed by atoms with E-state index in [1.165, 1.54) is 0 Å². The van der Waals surface area contributed by atoms with Gasteiger partial charge in [-0.25, -0.2) is 0 Å². The Morgan fingerprint density at radius 2 is 2.00 bits per heavy atom. The number of aryl methyl sites for hydroxylation is 1. The first-order valence-electron chi connectivity index (χ1n) is 6.14. The SMILES string of the molecule is COc1ccc(C)cc1C(O)CNCC(C)OC. The first-order valence-corrected chi connectivity index (χ1v) is 6.14. The van der Waals surface area contributed by atoms with E-state index in [4.69, 9.17) is 9.47 Å². The Hall–Kier alpha value is -1.10. The summed E-state index contributed by atoms with van der Waals surface area (Å²) in [6.07, 6.45) is -0.444. The van der Waals surface area contributed by atoms with Gasteiger partial charge in [0.25, 0.3) is 0 Å². The fourth-order valence-electron chi connectivity index (χ4n) is 1.73. The van der Waals surface area contributed by atoms with Crippen LogP contribution in [0.2, 0.25) is 0 Å². The van der Waals surface area contributed by atoms with Gasteiger partial charge in [0.15, 0.2) is 0 Å². The molecular formula is C14H23NO3. The van der Waals surface area contributed by atoms with Gasteiger partial charge in [0.2, 0.25) is 0 Å². The Balaban J connectivity index is 2.60. The molecule has 0 aromatic heterocycles. The van der Waals surface area contributed by atoms with Crippen LogP contribution in [0.4, 0.5) is 0 Å². The van der Waals surface area contributed by atoms with Crippen molar-refractivity contribution in [1.82, 2.24) is 5.32 Å². The molecule has 4 heteroatoms. The minimum atomic E-state index is -0.580. The molecule has 1 aromatic rings. The monoisotopic (exact) mass is 253 g/mol. The number of aliphatic hydroxyl groups excluding tert-OH is 1. The van der Waals surface area contributed by atoms with E-state index in [0.717, 1.165) is 16.9 Å². The van der Waals surface area contributed by atoms with Gasteiger partial charge < -0.3 is 19.9 Å². The Morgan fingerprint density at radius 1 is 1.28 bits per heavy atom. The Morgan fingerprint density at radius 3 is 2.61 bits per heavy atom. The average molecular weight is 253 g/mol. The second-order valence-corrected chi connectivity index (χ2v) is 4.47. The van der Waals surface area contributed by atoms with Gasteiger partial charge in [0.1, 0.15) is 5.75 Å². The van der Waals surface area contributed by atoms with Crippen LogP contribution in [0.25, 0.3) is 0 Å². The predicted octanol–water partition coefficient (Wildman–Crippen LogP) is 1.66. The van der Waals surface area contributed by atoms with Gasteiger partial charge in [-0.2, -0.15) is 0 Å². The van der Waals surface area contributed by atoms with E-state index in [-0.39, 0.29) is 6.10 Å². The molecule has 0 aliphatic carbocycles. The quantitative estimate of drug-likeness (QED) is 0.776. The third kappa shape index (κ3) is 4.29. The molecule has 0 aliphatic heterocycles. The number of hydrogen-bond donors (Lipinski definition) is 2. The highest BCUT2D eigenvalue weighted by atomic mass is 16.5. The lowest BCUT2D eigenvalue weighted by Gasteiger charge is -2.17. The zero-order chi connectivity index (χ0) is 13.5. The maximum atomic E-state index is 10.2. The summed E-state index contributed by atoms with van der Waals surface area (Å²) in [4.78, 5) is 0. The van der Waals surface area contributed by atoms with Crippen LogP contribution < -0.4 is 10.1 Å². The van der Waals surface area contributed by atoms with Crippen molar-refractivity contribution in [2.45, 2.75) is 26.1 Å². The topological polar surface area (TPSA) is 50.7 Å². The summed E-state index contributed by atoms with van der Waals surface area (Å²) < 4.78 is 10.4. The second kappa shape index (κ2) is 7.36. The third-order valence-corrected chi connectivity index (χ3v) is 2.92. The van der Waals surface area contributed by atoms with Crippen molar-refractivity contribution in [1.29, 1.82) is 0 Å². The standard InChI is InChI=1S/C14H23NO3/c1-10-5-6-14(18-4)12(7-10)13(16)9-15-8-11(2)17-3/h5-7,11,13,15-16H,8-9H2,1-4H3. The van der Waals surface area contributed by atoms with Crippen molar-refractivity contribution in [2.24, 2.45) is 0 Å². The predicted molar refractivity (Wildman–Crippen MR) is 72.0 cm³/mol. The third-order valence-electron chi connectivity index (χ3n) is 2.92. The summed E-state index contributed by atoms with van der Waals surface area (Å²) >= 11 is 0. The summed E-state index contributed by atoms with van der Waals surface area (Å²) in [7, 11) is 3.29. The summed E-state index contributed by atoms with van der Waals surface area (Å²) in [5.41, 5.74) is 1.92.